The standard InChI is InChI=1S/C11H14N2O3/c14-13(15)9-10-3-1-2-4-11(10)12-5-7-16-8-6-12/h1-4H,5-9H2. The molecule has 0 N–H and O–H groups in total. The van der Waals surface area contributed by atoms with Crippen molar-refractivity contribution < 1.29 is 9.66 Å². The van der Waals surface area contributed by atoms with Crippen LogP contribution in [0.15, 0.2) is 24.3 Å². The predicted octanol–water partition coefficient (Wildman–Crippen LogP) is 1.30. The molecule has 0 unspecified atom stereocenters. The van der Waals surface area contributed by atoms with Crippen LogP contribution in [0, 0.1) is 10.1 Å². The molecule has 5 heteroatoms. The summed E-state index contributed by atoms with van der Waals surface area (Å²) in [5.41, 5.74) is 1.73. The van der Waals surface area contributed by atoms with E-state index in [0.29, 0.717) is 13.2 Å². The zero-order valence-electron chi connectivity index (χ0n) is 8.96. The quantitative estimate of drug-likeness (QED) is 0.571. The van der Waals surface area contributed by atoms with Gasteiger partial charge in [-0.2, -0.15) is 0 Å². The molecule has 0 aliphatic carbocycles. The monoisotopic (exact) mass is 222 g/mol. The minimum Gasteiger partial charge on any atom is -0.378 e. The van der Waals surface area contributed by atoms with Gasteiger partial charge >= 0.3 is 0 Å². The Morgan fingerprint density at radius 1 is 1.31 bits per heavy atom. The largest absolute Gasteiger partial charge is 0.378 e. The molecule has 1 heterocycles. The topological polar surface area (TPSA) is 55.6 Å². The predicted molar refractivity (Wildman–Crippen MR) is 60.2 cm³/mol. The molecule has 86 valence electrons. The first-order valence-corrected chi connectivity index (χ1v) is 5.30. The maximum Gasteiger partial charge on any atom is 0.230 e. The Balaban J connectivity index is 2.20. The number of nitro groups is 1. The third-order valence-electron chi connectivity index (χ3n) is 2.64. The number of ether oxygens (including phenoxy) is 1. The van der Waals surface area contributed by atoms with Crippen LogP contribution < -0.4 is 4.90 Å². The minimum absolute atomic E-state index is 0.118. The number of anilines is 1. The van der Waals surface area contributed by atoms with Crippen LogP contribution in [0.2, 0.25) is 0 Å². The molecule has 1 aliphatic heterocycles. The zero-order valence-corrected chi connectivity index (χ0v) is 8.96. The van der Waals surface area contributed by atoms with Gasteiger partial charge in [0.25, 0.3) is 0 Å². The molecule has 0 radical (unpaired) electrons. The molecule has 1 fully saturated rings. The molecular weight excluding hydrogens is 208 g/mol. The lowest BCUT2D eigenvalue weighted by Crippen LogP contribution is -2.36. The molecular formula is C11H14N2O3. The number of nitrogens with zero attached hydrogens (tertiary/aromatic N) is 2. The first-order chi connectivity index (χ1) is 7.77. The molecule has 1 aliphatic rings. The van der Waals surface area contributed by atoms with Gasteiger partial charge in [0, 0.05) is 29.3 Å². The van der Waals surface area contributed by atoms with Gasteiger partial charge in [-0.1, -0.05) is 18.2 Å². The molecule has 1 aromatic carbocycles. The second-order valence-corrected chi connectivity index (χ2v) is 3.72. The van der Waals surface area contributed by atoms with Crippen molar-refractivity contribution in [3.05, 3.63) is 39.9 Å². The van der Waals surface area contributed by atoms with Crippen LogP contribution in [-0.4, -0.2) is 31.2 Å². The highest BCUT2D eigenvalue weighted by Crippen LogP contribution is 2.21. The molecule has 0 bridgehead atoms. The Morgan fingerprint density at radius 3 is 2.69 bits per heavy atom. The SMILES string of the molecule is O=[N+]([O-])Cc1ccccc1N1CCOCC1. The molecule has 2 rings (SSSR count). The first-order valence-electron chi connectivity index (χ1n) is 5.30. The van der Waals surface area contributed by atoms with Gasteiger partial charge in [0.15, 0.2) is 0 Å². The van der Waals surface area contributed by atoms with Crippen LogP contribution in [0.5, 0.6) is 0 Å². The van der Waals surface area contributed by atoms with Crippen molar-refractivity contribution in [2.24, 2.45) is 0 Å². The molecule has 0 saturated carbocycles. The minimum atomic E-state index is -0.292. The third kappa shape index (κ3) is 2.49. The van der Waals surface area contributed by atoms with Gasteiger partial charge in [-0.05, 0) is 6.07 Å². The van der Waals surface area contributed by atoms with Gasteiger partial charge in [-0.15, -0.1) is 0 Å². The molecule has 1 saturated heterocycles. The van der Waals surface area contributed by atoms with E-state index in [0.717, 1.165) is 24.3 Å². The van der Waals surface area contributed by atoms with E-state index in [1.54, 1.807) is 0 Å². The summed E-state index contributed by atoms with van der Waals surface area (Å²) < 4.78 is 5.27. The lowest BCUT2D eigenvalue weighted by atomic mass is 10.1. The summed E-state index contributed by atoms with van der Waals surface area (Å²) in [4.78, 5) is 12.4. The maximum absolute atomic E-state index is 10.6. The van der Waals surface area contributed by atoms with Crippen LogP contribution in [0.3, 0.4) is 0 Å². The van der Waals surface area contributed by atoms with E-state index < -0.39 is 0 Å². The summed E-state index contributed by atoms with van der Waals surface area (Å²) in [5, 5.41) is 10.6. The number of benzene rings is 1. The molecule has 0 amide bonds. The fourth-order valence-electron chi connectivity index (χ4n) is 1.90. The van der Waals surface area contributed by atoms with E-state index in [4.69, 9.17) is 4.74 Å². The zero-order chi connectivity index (χ0) is 11.4. The number of hydrogen-bond acceptors (Lipinski definition) is 4. The van der Waals surface area contributed by atoms with Crippen molar-refractivity contribution >= 4 is 5.69 Å². The first kappa shape index (κ1) is 10.9. The number of hydrogen-bond donors (Lipinski definition) is 0. The highest BCUT2D eigenvalue weighted by atomic mass is 16.6. The Bertz CT molecular complexity index is 375. The Hall–Kier alpha value is -1.62. The van der Waals surface area contributed by atoms with Gasteiger partial charge < -0.3 is 9.64 Å². The van der Waals surface area contributed by atoms with Gasteiger partial charge in [0.05, 0.1) is 13.2 Å². The molecule has 1 aromatic rings. The van der Waals surface area contributed by atoms with Crippen molar-refractivity contribution in [3.8, 4) is 0 Å². The molecule has 0 atom stereocenters. The summed E-state index contributed by atoms with van der Waals surface area (Å²) in [6.07, 6.45) is 0. The summed E-state index contributed by atoms with van der Waals surface area (Å²) in [5.74, 6) is 0. The fourth-order valence-corrected chi connectivity index (χ4v) is 1.90. The maximum atomic E-state index is 10.6. The second kappa shape index (κ2) is 4.94. The molecule has 5 nitrogen and oxygen atoms in total. The number of para-hydroxylation sites is 1. The van der Waals surface area contributed by atoms with Crippen molar-refractivity contribution in [2.45, 2.75) is 6.54 Å². The lowest BCUT2D eigenvalue weighted by molar-refractivity contribution is -0.496. The summed E-state index contributed by atoms with van der Waals surface area (Å²) in [7, 11) is 0. The smallest absolute Gasteiger partial charge is 0.230 e. The summed E-state index contributed by atoms with van der Waals surface area (Å²) >= 11 is 0. The van der Waals surface area contributed by atoms with E-state index in [1.165, 1.54) is 0 Å². The lowest BCUT2D eigenvalue weighted by Gasteiger charge is -2.29. The van der Waals surface area contributed by atoms with Gasteiger partial charge in [-0.3, -0.25) is 10.1 Å². The van der Waals surface area contributed by atoms with Crippen molar-refractivity contribution in [1.82, 2.24) is 0 Å². The van der Waals surface area contributed by atoms with Crippen molar-refractivity contribution in [2.75, 3.05) is 31.2 Å². The Labute approximate surface area is 93.8 Å². The molecule has 16 heavy (non-hydrogen) atoms. The van der Waals surface area contributed by atoms with Crippen molar-refractivity contribution in [1.29, 1.82) is 0 Å². The summed E-state index contributed by atoms with van der Waals surface area (Å²) in [6, 6.07) is 7.49. The normalized spacial score (nSPS) is 16.1. The van der Waals surface area contributed by atoms with Crippen LogP contribution in [0.4, 0.5) is 5.69 Å². The Kier molecular flexibility index (Phi) is 3.36. The van der Waals surface area contributed by atoms with Gasteiger partial charge in [0.1, 0.15) is 0 Å². The van der Waals surface area contributed by atoms with E-state index in [2.05, 4.69) is 4.90 Å². The highest BCUT2D eigenvalue weighted by molar-refractivity contribution is 5.53. The summed E-state index contributed by atoms with van der Waals surface area (Å²) in [6.45, 7) is 2.86. The molecule has 0 aromatic heterocycles. The van der Waals surface area contributed by atoms with E-state index in [9.17, 15) is 10.1 Å². The highest BCUT2D eigenvalue weighted by Gasteiger charge is 2.16. The Morgan fingerprint density at radius 2 is 2.00 bits per heavy atom. The van der Waals surface area contributed by atoms with Gasteiger partial charge in [-0.25, -0.2) is 0 Å². The number of morpholine rings is 1. The van der Waals surface area contributed by atoms with Crippen LogP contribution in [-0.2, 0) is 11.3 Å². The van der Waals surface area contributed by atoms with E-state index in [-0.39, 0.29) is 11.5 Å². The average Bonchev–Trinajstić information content (AvgIpc) is 2.30. The van der Waals surface area contributed by atoms with Gasteiger partial charge in [0.2, 0.25) is 6.54 Å². The van der Waals surface area contributed by atoms with Crippen LogP contribution in [0.25, 0.3) is 0 Å². The molecule has 0 spiro atoms. The van der Waals surface area contributed by atoms with Crippen LogP contribution in [0.1, 0.15) is 5.56 Å². The average molecular weight is 222 g/mol. The van der Waals surface area contributed by atoms with E-state index in [1.807, 2.05) is 24.3 Å². The van der Waals surface area contributed by atoms with E-state index >= 15 is 0 Å². The van der Waals surface area contributed by atoms with Crippen molar-refractivity contribution in [3.63, 3.8) is 0 Å². The second-order valence-electron chi connectivity index (χ2n) is 3.72. The third-order valence-corrected chi connectivity index (χ3v) is 2.64. The van der Waals surface area contributed by atoms with Crippen LogP contribution >= 0.6 is 0 Å². The fraction of sp³-hybridized carbons (Fsp3) is 0.455. The number of rotatable bonds is 3.